The Morgan fingerprint density at radius 2 is 1.93 bits per heavy atom. The third-order valence-corrected chi connectivity index (χ3v) is 8.20. The van der Waals surface area contributed by atoms with E-state index in [4.69, 9.17) is 14.6 Å². The topological polar surface area (TPSA) is 135 Å². The molecule has 2 N–H and O–H groups in total. The number of anilines is 1. The second kappa shape index (κ2) is 10.8. The van der Waals surface area contributed by atoms with Gasteiger partial charge in [-0.05, 0) is 55.0 Å². The molecule has 0 aliphatic carbocycles. The number of hydrogen-bond donors (Lipinski definition) is 2. The summed E-state index contributed by atoms with van der Waals surface area (Å²) in [5.74, 6) is 0.190. The van der Waals surface area contributed by atoms with Gasteiger partial charge < -0.3 is 14.6 Å². The molecule has 1 atom stereocenters. The third kappa shape index (κ3) is 5.68. The zero-order valence-corrected chi connectivity index (χ0v) is 22.2. The van der Waals surface area contributed by atoms with Crippen molar-refractivity contribution in [1.82, 2.24) is 15.2 Å². The monoisotopic (exact) mass is 588 g/mol. The number of halogens is 3. The number of alkyl halides is 3. The van der Waals surface area contributed by atoms with Gasteiger partial charge >= 0.3 is 12.1 Å². The lowest BCUT2D eigenvalue weighted by atomic mass is 10.1. The largest absolute Gasteiger partial charge is 0.496 e. The standard InChI is InChI=1S/C27H23F3N4O6S/c1-39-22-8-3-2-7-20(22)26-31-25(32-33-26)16-9-11-23-21(13-16)34(15-18(40-23)10-12-24(35)36)41(37,38)19-6-4-5-17(14-19)27(28,29)30/h2-9,11,13-14,18H,10,12,15H2,1H3,(H,35,36)(H,31,32,33). The van der Waals surface area contributed by atoms with Crippen LogP contribution >= 0.6 is 0 Å². The van der Waals surface area contributed by atoms with Crippen molar-refractivity contribution in [2.75, 3.05) is 18.0 Å². The third-order valence-electron chi connectivity index (χ3n) is 6.43. The molecular weight excluding hydrogens is 565 g/mol. The van der Waals surface area contributed by atoms with Gasteiger partial charge in [-0.25, -0.2) is 13.4 Å². The molecule has 0 saturated heterocycles. The summed E-state index contributed by atoms with van der Waals surface area (Å²) in [5, 5.41) is 16.2. The molecule has 5 rings (SSSR count). The summed E-state index contributed by atoms with van der Waals surface area (Å²) in [4.78, 5) is 15.1. The van der Waals surface area contributed by atoms with Crippen molar-refractivity contribution in [3.05, 3.63) is 72.3 Å². The summed E-state index contributed by atoms with van der Waals surface area (Å²) in [6, 6.07) is 15.1. The number of fused-ring (bicyclic) bond motifs is 1. The summed E-state index contributed by atoms with van der Waals surface area (Å²) in [6.07, 6.45) is -5.92. The molecular formula is C27H23F3N4O6S. The lowest BCUT2D eigenvalue weighted by Gasteiger charge is -2.35. The van der Waals surface area contributed by atoms with E-state index in [2.05, 4.69) is 15.2 Å². The normalized spacial score (nSPS) is 15.2. The second-order valence-electron chi connectivity index (χ2n) is 9.12. The first-order valence-electron chi connectivity index (χ1n) is 12.3. The van der Waals surface area contributed by atoms with E-state index >= 15 is 0 Å². The number of benzene rings is 3. The fourth-order valence-corrected chi connectivity index (χ4v) is 5.97. The van der Waals surface area contributed by atoms with E-state index < -0.39 is 38.7 Å². The van der Waals surface area contributed by atoms with E-state index in [-0.39, 0.29) is 36.6 Å². The van der Waals surface area contributed by atoms with Gasteiger partial charge in [-0.1, -0.05) is 18.2 Å². The number of aromatic amines is 1. The zero-order valence-electron chi connectivity index (χ0n) is 21.4. The lowest BCUT2D eigenvalue weighted by molar-refractivity contribution is -0.138. The highest BCUT2D eigenvalue weighted by molar-refractivity contribution is 7.92. The molecule has 10 nitrogen and oxygen atoms in total. The Balaban J connectivity index is 1.56. The van der Waals surface area contributed by atoms with Crippen LogP contribution in [-0.2, 0) is 21.0 Å². The van der Waals surface area contributed by atoms with Crippen LogP contribution in [-0.4, -0.2) is 54.4 Å². The molecule has 0 saturated carbocycles. The minimum Gasteiger partial charge on any atom is -0.496 e. The second-order valence-corrected chi connectivity index (χ2v) is 11.0. The van der Waals surface area contributed by atoms with Gasteiger partial charge in [0, 0.05) is 12.0 Å². The molecule has 14 heteroatoms. The number of carboxylic acid groups (broad SMARTS) is 1. The molecule has 1 unspecified atom stereocenters. The van der Waals surface area contributed by atoms with E-state index in [0.29, 0.717) is 28.8 Å². The van der Waals surface area contributed by atoms with E-state index in [0.717, 1.165) is 22.5 Å². The van der Waals surface area contributed by atoms with Crippen LogP contribution in [0.2, 0.25) is 0 Å². The molecule has 0 amide bonds. The fraction of sp³-hybridized carbons (Fsp3) is 0.222. The minimum absolute atomic E-state index is 0.0195. The zero-order chi connectivity index (χ0) is 29.4. The van der Waals surface area contributed by atoms with E-state index in [1.807, 2.05) is 0 Å². The molecule has 2 heterocycles. The summed E-state index contributed by atoms with van der Waals surface area (Å²) < 4.78 is 79.9. The molecule has 1 aromatic heterocycles. The average Bonchev–Trinajstić information content (AvgIpc) is 3.45. The van der Waals surface area contributed by atoms with Crippen molar-refractivity contribution in [3.63, 3.8) is 0 Å². The van der Waals surface area contributed by atoms with Crippen LogP contribution in [0.15, 0.2) is 71.6 Å². The SMILES string of the molecule is COc1ccccc1-c1nc(-c2ccc3c(c2)N(S(=O)(=O)c2cccc(C(F)(F)F)c2)CC(CCC(=O)O)O3)n[nH]1. The predicted molar refractivity (Wildman–Crippen MR) is 141 cm³/mol. The Morgan fingerprint density at radius 1 is 1.15 bits per heavy atom. The van der Waals surface area contributed by atoms with Crippen molar-refractivity contribution in [3.8, 4) is 34.3 Å². The lowest BCUT2D eigenvalue weighted by Crippen LogP contribution is -2.43. The van der Waals surface area contributed by atoms with Gasteiger partial charge in [-0.3, -0.25) is 14.2 Å². The number of ether oxygens (including phenoxy) is 2. The van der Waals surface area contributed by atoms with Crippen LogP contribution in [0.3, 0.4) is 0 Å². The van der Waals surface area contributed by atoms with Gasteiger partial charge in [0.15, 0.2) is 11.6 Å². The number of carbonyl (C=O) groups is 1. The van der Waals surface area contributed by atoms with Gasteiger partial charge in [0.1, 0.15) is 17.6 Å². The maximum absolute atomic E-state index is 13.8. The van der Waals surface area contributed by atoms with Crippen LogP contribution in [0.25, 0.3) is 22.8 Å². The number of methoxy groups -OCH3 is 1. The number of nitrogens with one attached hydrogen (secondary N) is 1. The van der Waals surface area contributed by atoms with Crippen molar-refractivity contribution in [2.24, 2.45) is 0 Å². The number of rotatable bonds is 8. The van der Waals surface area contributed by atoms with Gasteiger partial charge in [0.05, 0.1) is 35.4 Å². The molecule has 1 aliphatic heterocycles. The molecule has 0 radical (unpaired) electrons. The Labute approximate surface area is 232 Å². The van der Waals surface area contributed by atoms with E-state index in [9.17, 15) is 26.4 Å². The Hall–Kier alpha value is -4.59. The summed E-state index contributed by atoms with van der Waals surface area (Å²) in [6.45, 7) is -0.317. The van der Waals surface area contributed by atoms with Gasteiger partial charge in [0.2, 0.25) is 0 Å². The number of hydrogen-bond acceptors (Lipinski definition) is 7. The maximum atomic E-state index is 13.8. The fourth-order valence-electron chi connectivity index (χ4n) is 4.43. The first-order chi connectivity index (χ1) is 19.5. The Kier molecular flexibility index (Phi) is 7.34. The van der Waals surface area contributed by atoms with Crippen molar-refractivity contribution in [1.29, 1.82) is 0 Å². The van der Waals surface area contributed by atoms with Crippen LogP contribution in [0.4, 0.5) is 18.9 Å². The Morgan fingerprint density at radius 3 is 2.66 bits per heavy atom. The highest BCUT2D eigenvalue weighted by Crippen LogP contribution is 2.41. The van der Waals surface area contributed by atoms with Crippen molar-refractivity contribution >= 4 is 21.7 Å². The minimum atomic E-state index is -4.75. The summed E-state index contributed by atoms with van der Waals surface area (Å²) in [5.41, 5.74) is -0.0222. The highest BCUT2D eigenvalue weighted by atomic mass is 32.2. The molecule has 1 aliphatic rings. The number of aliphatic carboxylic acids is 1. The number of H-pyrrole nitrogens is 1. The van der Waals surface area contributed by atoms with Gasteiger partial charge in [-0.2, -0.15) is 18.3 Å². The van der Waals surface area contributed by atoms with Crippen LogP contribution in [0.1, 0.15) is 18.4 Å². The van der Waals surface area contributed by atoms with E-state index in [1.165, 1.54) is 19.2 Å². The molecule has 4 aromatic rings. The number of nitrogens with zero attached hydrogens (tertiary/aromatic N) is 3. The number of carboxylic acids is 1. The van der Waals surface area contributed by atoms with Crippen LogP contribution in [0.5, 0.6) is 11.5 Å². The maximum Gasteiger partial charge on any atom is 0.416 e. The summed E-state index contributed by atoms with van der Waals surface area (Å²) >= 11 is 0. The smallest absolute Gasteiger partial charge is 0.416 e. The molecule has 0 bridgehead atoms. The van der Waals surface area contributed by atoms with E-state index in [1.54, 1.807) is 30.3 Å². The molecule has 41 heavy (non-hydrogen) atoms. The Bertz CT molecular complexity index is 1710. The number of sulfonamides is 1. The highest BCUT2D eigenvalue weighted by Gasteiger charge is 2.37. The predicted octanol–water partition coefficient (Wildman–Crippen LogP) is 4.99. The molecule has 0 fully saturated rings. The van der Waals surface area contributed by atoms with Crippen LogP contribution in [0, 0.1) is 0 Å². The number of para-hydroxylation sites is 1. The van der Waals surface area contributed by atoms with Crippen LogP contribution < -0.4 is 13.8 Å². The molecule has 214 valence electrons. The number of aromatic nitrogens is 3. The summed E-state index contributed by atoms with van der Waals surface area (Å²) in [7, 11) is -3.02. The quantitative estimate of drug-likeness (QED) is 0.294. The van der Waals surface area contributed by atoms with Crippen molar-refractivity contribution in [2.45, 2.75) is 30.0 Å². The molecule has 3 aromatic carbocycles. The van der Waals surface area contributed by atoms with Crippen molar-refractivity contribution < 1.29 is 41.0 Å². The first kappa shape index (κ1) is 28.0. The first-order valence-corrected chi connectivity index (χ1v) is 13.7. The molecule has 0 spiro atoms. The average molecular weight is 589 g/mol. The van der Waals surface area contributed by atoms with Gasteiger partial charge in [0.25, 0.3) is 10.0 Å². The van der Waals surface area contributed by atoms with Gasteiger partial charge in [-0.15, -0.1) is 0 Å².